The van der Waals surface area contributed by atoms with Crippen LogP contribution in [0.3, 0.4) is 0 Å². The zero-order valence-corrected chi connectivity index (χ0v) is 16.5. The molecule has 2 amide bonds. The number of hydrogen-bond donors (Lipinski definition) is 1. The summed E-state index contributed by atoms with van der Waals surface area (Å²) in [5.41, 5.74) is 2.06. The Morgan fingerprint density at radius 1 is 1.33 bits per heavy atom. The molecule has 146 valence electrons. The van der Waals surface area contributed by atoms with Gasteiger partial charge in [-0.1, -0.05) is 32.0 Å². The van der Waals surface area contributed by atoms with Crippen molar-refractivity contribution in [3.8, 4) is 0 Å². The summed E-state index contributed by atoms with van der Waals surface area (Å²) in [5.74, 6) is -0.302. The van der Waals surface area contributed by atoms with Crippen molar-refractivity contribution in [3.05, 3.63) is 29.8 Å². The highest BCUT2D eigenvalue weighted by molar-refractivity contribution is 7.91. The van der Waals surface area contributed by atoms with Crippen LogP contribution in [0.2, 0.25) is 0 Å². The van der Waals surface area contributed by atoms with Gasteiger partial charge in [-0.2, -0.15) is 5.10 Å². The number of benzene rings is 1. The van der Waals surface area contributed by atoms with Gasteiger partial charge in [0.05, 0.1) is 17.5 Å². The topological polar surface area (TPSA) is 95.9 Å². The summed E-state index contributed by atoms with van der Waals surface area (Å²) in [6, 6.07) is 7.18. The van der Waals surface area contributed by atoms with E-state index in [2.05, 4.69) is 24.3 Å². The SMILES string of the molecule is CC[C@@H](C)c1ccccc1NC(=O)C1=NN([C@@H]2CCS(=O)(=O)C2)C(=O)CC1. The highest BCUT2D eigenvalue weighted by Crippen LogP contribution is 2.27. The summed E-state index contributed by atoms with van der Waals surface area (Å²) in [7, 11) is -3.14. The smallest absolute Gasteiger partial charge is 0.271 e. The van der Waals surface area contributed by atoms with E-state index < -0.39 is 15.9 Å². The maximum atomic E-state index is 12.7. The van der Waals surface area contributed by atoms with Gasteiger partial charge in [-0.25, -0.2) is 13.4 Å². The Morgan fingerprint density at radius 3 is 2.74 bits per heavy atom. The number of nitrogens with zero attached hydrogens (tertiary/aromatic N) is 2. The van der Waals surface area contributed by atoms with E-state index in [4.69, 9.17) is 0 Å². The molecule has 3 rings (SSSR count). The third kappa shape index (κ3) is 4.37. The molecule has 1 aromatic carbocycles. The van der Waals surface area contributed by atoms with Crippen LogP contribution in [0.4, 0.5) is 5.69 Å². The van der Waals surface area contributed by atoms with Gasteiger partial charge in [0.1, 0.15) is 5.71 Å². The van der Waals surface area contributed by atoms with E-state index in [0.717, 1.165) is 17.7 Å². The van der Waals surface area contributed by atoms with Crippen LogP contribution in [0, 0.1) is 0 Å². The molecular weight excluding hydrogens is 366 g/mol. The van der Waals surface area contributed by atoms with E-state index in [1.54, 1.807) is 0 Å². The molecule has 0 radical (unpaired) electrons. The number of hydrogen-bond acceptors (Lipinski definition) is 5. The number of rotatable bonds is 5. The summed E-state index contributed by atoms with van der Waals surface area (Å²) >= 11 is 0. The highest BCUT2D eigenvalue weighted by atomic mass is 32.2. The molecule has 1 fully saturated rings. The maximum absolute atomic E-state index is 12.7. The van der Waals surface area contributed by atoms with E-state index in [1.807, 2.05) is 24.3 Å². The molecule has 2 atom stereocenters. The zero-order valence-electron chi connectivity index (χ0n) is 15.6. The predicted molar refractivity (Wildman–Crippen MR) is 104 cm³/mol. The van der Waals surface area contributed by atoms with E-state index in [-0.39, 0.29) is 41.9 Å². The number of nitrogens with one attached hydrogen (secondary N) is 1. The lowest BCUT2D eigenvalue weighted by molar-refractivity contribution is -0.133. The van der Waals surface area contributed by atoms with Crippen LogP contribution in [0.25, 0.3) is 0 Å². The highest BCUT2D eigenvalue weighted by Gasteiger charge is 2.37. The quantitative estimate of drug-likeness (QED) is 0.833. The Morgan fingerprint density at radius 2 is 2.07 bits per heavy atom. The molecule has 0 bridgehead atoms. The molecule has 2 aliphatic heterocycles. The second-order valence-electron chi connectivity index (χ2n) is 7.19. The van der Waals surface area contributed by atoms with Gasteiger partial charge in [0, 0.05) is 18.5 Å². The van der Waals surface area contributed by atoms with Crippen molar-refractivity contribution in [2.24, 2.45) is 5.10 Å². The standard InChI is InChI=1S/C19H25N3O4S/c1-3-13(2)15-6-4-5-7-16(15)20-19(24)17-8-9-18(23)22(21-17)14-10-11-27(25,26)12-14/h4-7,13-14H,3,8-12H2,1-2H3,(H,20,24)/t13-,14-/m1/s1. The third-order valence-electron chi connectivity index (χ3n) is 5.23. The Balaban J connectivity index is 1.79. The number of amides is 2. The average Bonchev–Trinajstić information content (AvgIpc) is 3.01. The van der Waals surface area contributed by atoms with Crippen molar-refractivity contribution in [3.63, 3.8) is 0 Å². The first-order valence-electron chi connectivity index (χ1n) is 9.31. The van der Waals surface area contributed by atoms with Gasteiger partial charge < -0.3 is 5.32 Å². The second kappa shape index (κ2) is 7.80. The van der Waals surface area contributed by atoms with Crippen LogP contribution in [0.5, 0.6) is 0 Å². The largest absolute Gasteiger partial charge is 0.321 e. The van der Waals surface area contributed by atoms with Crippen molar-refractivity contribution in [1.29, 1.82) is 0 Å². The van der Waals surface area contributed by atoms with Gasteiger partial charge >= 0.3 is 0 Å². The van der Waals surface area contributed by atoms with E-state index in [0.29, 0.717) is 12.3 Å². The second-order valence-corrected chi connectivity index (χ2v) is 9.42. The summed E-state index contributed by atoms with van der Waals surface area (Å²) in [6.45, 7) is 4.19. The molecule has 7 nitrogen and oxygen atoms in total. The van der Waals surface area contributed by atoms with Crippen LogP contribution >= 0.6 is 0 Å². The molecule has 1 N–H and O–H groups in total. The molecule has 2 heterocycles. The van der Waals surface area contributed by atoms with Crippen LogP contribution in [-0.2, 0) is 19.4 Å². The van der Waals surface area contributed by atoms with Crippen molar-refractivity contribution in [2.75, 3.05) is 16.8 Å². The van der Waals surface area contributed by atoms with E-state index >= 15 is 0 Å². The monoisotopic (exact) mass is 391 g/mol. The Labute approximate surface area is 159 Å². The van der Waals surface area contributed by atoms with Gasteiger partial charge in [-0.15, -0.1) is 0 Å². The van der Waals surface area contributed by atoms with E-state index in [9.17, 15) is 18.0 Å². The molecule has 0 saturated carbocycles. The number of para-hydroxylation sites is 1. The fraction of sp³-hybridized carbons (Fsp3) is 0.526. The number of hydrazone groups is 1. The minimum Gasteiger partial charge on any atom is -0.321 e. The van der Waals surface area contributed by atoms with Crippen molar-refractivity contribution < 1.29 is 18.0 Å². The van der Waals surface area contributed by atoms with Gasteiger partial charge in [0.15, 0.2) is 9.84 Å². The first-order chi connectivity index (χ1) is 12.8. The third-order valence-corrected chi connectivity index (χ3v) is 6.98. The lowest BCUT2D eigenvalue weighted by atomic mass is 9.96. The lowest BCUT2D eigenvalue weighted by Crippen LogP contribution is -2.42. The minimum absolute atomic E-state index is 0.0563. The fourth-order valence-corrected chi connectivity index (χ4v) is 5.14. The van der Waals surface area contributed by atoms with Gasteiger partial charge in [0.2, 0.25) is 5.91 Å². The predicted octanol–water partition coefficient (Wildman–Crippen LogP) is 2.30. The van der Waals surface area contributed by atoms with Gasteiger partial charge in [-0.05, 0) is 30.4 Å². The molecule has 0 spiro atoms. The molecule has 1 saturated heterocycles. The molecule has 0 unspecified atom stereocenters. The van der Waals surface area contributed by atoms with Crippen LogP contribution < -0.4 is 5.32 Å². The zero-order chi connectivity index (χ0) is 19.6. The number of carbonyl (C=O) groups excluding carboxylic acids is 2. The van der Waals surface area contributed by atoms with Crippen molar-refractivity contribution in [1.82, 2.24) is 5.01 Å². The minimum atomic E-state index is -3.14. The Hall–Kier alpha value is -2.22. The number of sulfone groups is 1. The van der Waals surface area contributed by atoms with Crippen LogP contribution in [0.1, 0.15) is 51.0 Å². The van der Waals surface area contributed by atoms with E-state index in [1.165, 1.54) is 5.01 Å². The van der Waals surface area contributed by atoms with Gasteiger partial charge in [-0.3, -0.25) is 9.59 Å². The molecule has 8 heteroatoms. The molecule has 27 heavy (non-hydrogen) atoms. The van der Waals surface area contributed by atoms with Crippen molar-refractivity contribution >= 4 is 33.1 Å². The molecule has 0 aliphatic carbocycles. The lowest BCUT2D eigenvalue weighted by Gasteiger charge is -2.27. The summed E-state index contributed by atoms with van der Waals surface area (Å²) in [4.78, 5) is 24.9. The normalized spacial score (nSPS) is 23.0. The first-order valence-corrected chi connectivity index (χ1v) is 11.1. The van der Waals surface area contributed by atoms with Crippen molar-refractivity contribution in [2.45, 2.75) is 51.5 Å². The average molecular weight is 391 g/mol. The summed E-state index contributed by atoms with van der Waals surface area (Å²) in [5, 5.41) is 8.35. The molecule has 1 aromatic rings. The summed E-state index contributed by atoms with van der Waals surface area (Å²) < 4.78 is 23.4. The molecule has 2 aliphatic rings. The molecule has 0 aromatic heterocycles. The van der Waals surface area contributed by atoms with Crippen LogP contribution in [-0.4, -0.2) is 48.5 Å². The first kappa shape index (κ1) is 19.5. The number of carbonyl (C=O) groups is 2. The number of anilines is 1. The Kier molecular flexibility index (Phi) is 5.64. The Bertz CT molecular complexity index is 879. The van der Waals surface area contributed by atoms with Gasteiger partial charge in [0.25, 0.3) is 5.91 Å². The maximum Gasteiger partial charge on any atom is 0.271 e. The van der Waals surface area contributed by atoms with Crippen LogP contribution in [0.15, 0.2) is 29.4 Å². The molecular formula is C19H25N3O4S. The summed E-state index contributed by atoms with van der Waals surface area (Å²) in [6.07, 6.45) is 1.73. The fourth-order valence-electron chi connectivity index (χ4n) is 3.44.